The number of carbonyl (C=O) groups is 3. The molecule has 5 heteroatoms. The summed E-state index contributed by atoms with van der Waals surface area (Å²) in [5, 5.41) is 0. The topological polar surface area (TPSA) is 69.7 Å². The number of rotatable bonds is 15. The molecule has 0 aromatic heterocycles. The molecule has 0 radical (unpaired) electrons. The third kappa shape index (κ3) is 12.1. The molecule has 172 valence electrons. The summed E-state index contributed by atoms with van der Waals surface area (Å²) in [5.74, 6) is -0.456. The molecule has 0 aliphatic rings. The average Bonchev–Trinajstić information content (AvgIpc) is 2.72. The van der Waals surface area contributed by atoms with Crippen LogP contribution in [-0.4, -0.2) is 30.4 Å². The molecule has 0 saturated carbocycles. The predicted octanol–water partition coefficient (Wildman–Crippen LogP) is 5.69. The van der Waals surface area contributed by atoms with Crippen LogP contribution < -0.4 is 0 Å². The molecular formula is C26H38O5. The highest BCUT2D eigenvalue weighted by atomic mass is 16.5. The van der Waals surface area contributed by atoms with Gasteiger partial charge in [-0.15, -0.1) is 0 Å². The highest BCUT2D eigenvalue weighted by Crippen LogP contribution is 2.20. The zero-order valence-electron chi connectivity index (χ0n) is 19.5. The summed E-state index contributed by atoms with van der Waals surface area (Å²) < 4.78 is 10.3. The molecule has 0 spiro atoms. The van der Waals surface area contributed by atoms with Gasteiger partial charge in [0.2, 0.25) is 0 Å². The van der Waals surface area contributed by atoms with Gasteiger partial charge in [0.05, 0.1) is 6.61 Å². The lowest BCUT2D eigenvalue weighted by atomic mass is 9.90. The zero-order chi connectivity index (χ0) is 23.1. The van der Waals surface area contributed by atoms with Gasteiger partial charge in [0.25, 0.3) is 0 Å². The number of Topliss-reactive ketones (excluding diaryl/α,β-unsaturated/α-hetero) is 1. The van der Waals surface area contributed by atoms with E-state index in [1.54, 1.807) is 19.9 Å². The summed E-state index contributed by atoms with van der Waals surface area (Å²) in [6, 6.07) is 7.86. The molecule has 0 aliphatic heterocycles. The number of benzene rings is 1. The number of hydrogen-bond acceptors (Lipinski definition) is 5. The molecule has 1 aromatic rings. The van der Waals surface area contributed by atoms with Gasteiger partial charge in [-0.1, -0.05) is 44.0 Å². The monoisotopic (exact) mass is 430 g/mol. The molecule has 0 saturated heterocycles. The van der Waals surface area contributed by atoms with Crippen molar-refractivity contribution >= 4 is 23.8 Å². The molecule has 0 amide bonds. The first-order valence-corrected chi connectivity index (χ1v) is 11.5. The van der Waals surface area contributed by atoms with Gasteiger partial charge in [0.1, 0.15) is 11.9 Å². The normalized spacial score (nSPS) is 13.0. The molecular weight excluding hydrogens is 392 g/mol. The highest BCUT2D eigenvalue weighted by Gasteiger charge is 2.17. The third-order valence-corrected chi connectivity index (χ3v) is 5.28. The lowest BCUT2D eigenvalue weighted by Crippen LogP contribution is -2.18. The number of ether oxygens (including phenoxy) is 2. The van der Waals surface area contributed by atoms with E-state index >= 15 is 0 Å². The first-order chi connectivity index (χ1) is 14.8. The van der Waals surface area contributed by atoms with Crippen LogP contribution in [0.25, 0.3) is 6.08 Å². The number of carbonyl (C=O) groups excluding carboxylic acids is 3. The number of hydrogen-bond donors (Lipinski definition) is 0. The highest BCUT2D eigenvalue weighted by molar-refractivity contribution is 5.87. The van der Waals surface area contributed by atoms with E-state index in [0.29, 0.717) is 13.0 Å². The van der Waals surface area contributed by atoms with Gasteiger partial charge < -0.3 is 9.47 Å². The van der Waals surface area contributed by atoms with Crippen LogP contribution >= 0.6 is 0 Å². The van der Waals surface area contributed by atoms with Gasteiger partial charge in [0.15, 0.2) is 0 Å². The summed E-state index contributed by atoms with van der Waals surface area (Å²) in [7, 11) is 0. The summed E-state index contributed by atoms with van der Waals surface area (Å²) >= 11 is 0. The molecule has 31 heavy (non-hydrogen) atoms. The van der Waals surface area contributed by atoms with Crippen LogP contribution in [0.4, 0.5) is 0 Å². The standard InChI is InChI=1S/C26H38O5/c1-5-7-8-11-25(31-21(4)28)12-9-10-24(20(3)27)19-23-15-13-22(14-16-23)17-18-26(29)30-6-2/h13-18,24-25H,5-12,19H2,1-4H3. The van der Waals surface area contributed by atoms with Crippen molar-refractivity contribution in [3.63, 3.8) is 0 Å². The minimum absolute atomic E-state index is 0.0467. The van der Waals surface area contributed by atoms with Crippen LogP contribution in [0.2, 0.25) is 0 Å². The Balaban J connectivity index is 2.58. The van der Waals surface area contributed by atoms with E-state index in [-0.39, 0.29) is 29.7 Å². The Bertz CT molecular complexity index is 705. The largest absolute Gasteiger partial charge is 0.463 e. The fraction of sp³-hybridized carbons (Fsp3) is 0.577. The van der Waals surface area contributed by atoms with E-state index in [2.05, 4.69) is 6.92 Å². The smallest absolute Gasteiger partial charge is 0.330 e. The van der Waals surface area contributed by atoms with E-state index in [1.165, 1.54) is 13.0 Å². The van der Waals surface area contributed by atoms with Crippen molar-refractivity contribution in [1.82, 2.24) is 0 Å². The van der Waals surface area contributed by atoms with Crippen molar-refractivity contribution in [1.29, 1.82) is 0 Å². The molecule has 0 fully saturated rings. The Kier molecular flexibility index (Phi) is 13.2. The lowest BCUT2D eigenvalue weighted by molar-refractivity contribution is -0.147. The minimum atomic E-state index is -0.357. The number of ketones is 1. The van der Waals surface area contributed by atoms with Gasteiger partial charge in [-0.2, -0.15) is 0 Å². The summed E-state index contributed by atoms with van der Waals surface area (Å²) in [4.78, 5) is 35.0. The SMILES string of the molecule is CCCCCC(CCCC(Cc1ccc(C=CC(=O)OCC)cc1)C(C)=O)OC(C)=O. The van der Waals surface area contributed by atoms with Crippen molar-refractivity contribution in [2.75, 3.05) is 6.61 Å². The van der Waals surface area contributed by atoms with Crippen LogP contribution in [0.15, 0.2) is 30.3 Å². The van der Waals surface area contributed by atoms with Crippen molar-refractivity contribution in [2.45, 2.75) is 85.2 Å². The van der Waals surface area contributed by atoms with Gasteiger partial charge in [0, 0.05) is 18.9 Å². The molecule has 0 aliphatic carbocycles. The van der Waals surface area contributed by atoms with Crippen LogP contribution in [0.3, 0.4) is 0 Å². The molecule has 2 unspecified atom stereocenters. The Morgan fingerprint density at radius 2 is 1.61 bits per heavy atom. The fourth-order valence-electron chi connectivity index (χ4n) is 3.56. The summed E-state index contributed by atoms with van der Waals surface area (Å²) in [5.41, 5.74) is 2.00. The van der Waals surface area contributed by atoms with Crippen LogP contribution in [0.1, 0.15) is 83.8 Å². The van der Waals surface area contributed by atoms with E-state index in [1.807, 2.05) is 24.3 Å². The van der Waals surface area contributed by atoms with Crippen molar-refractivity contribution in [3.05, 3.63) is 41.5 Å². The second-order valence-electron chi connectivity index (χ2n) is 8.00. The minimum Gasteiger partial charge on any atom is -0.463 e. The van der Waals surface area contributed by atoms with Crippen molar-refractivity contribution in [2.24, 2.45) is 5.92 Å². The fourth-order valence-corrected chi connectivity index (χ4v) is 3.56. The Morgan fingerprint density at radius 3 is 2.19 bits per heavy atom. The first-order valence-electron chi connectivity index (χ1n) is 11.5. The van der Waals surface area contributed by atoms with E-state index < -0.39 is 0 Å². The Labute approximate surface area is 187 Å². The maximum Gasteiger partial charge on any atom is 0.330 e. The molecule has 0 N–H and O–H groups in total. The molecule has 0 bridgehead atoms. The quantitative estimate of drug-likeness (QED) is 0.203. The van der Waals surface area contributed by atoms with Crippen LogP contribution in [0.5, 0.6) is 0 Å². The molecule has 5 nitrogen and oxygen atoms in total. The molecule has 1 aromatic carbocycles. The van der Waals surface area contributed by atoms with Gasteiger partial charge in [-0.25, -0.2) is 4.79 Å². The van der Waals surface area contributed by atoms with Gasteiger partial charge in [-0.05, 0) is 69.6 Å². The number of esters is 2. The van der Waals surface area contributed by atoms with E-state index in [4.69, 9.17) is 9.47 Å². The first kappa shape index (κ1) is 26.6. The molecule has 2 atom stereocenters. The van der Waals surface area contributed by atoms with Gasteiger partial charge >= 0.3 is 11.9 Å². The Morgan fingerprint density at radius 1 is 0.935 bits per heavy atom. The molecule has 0 heterocycles. The van der Waals surface area contributed by atoms with E-state index in [9.17, 15) is 14.4 Å². The lowest BCUT2D eigenvalue weighted by Gasteiger charge is -2.19. The second kappa shape index (κ2) is 15.4. The predicted molar refractivity (Wildman–Crippen MR) is 124 cm³/mol. The summed E-state index contributed by atoms with van der Waals surface area (Å²) in [6.45, 7) is 7.38. The van der Waals surface area contributed by atoms with Crippen LogP contribution in [-0.2, 0) is 30.3 Å². The van der Waals surface area contributed by atoms with Crippen molar-refractivity contribution < 1.29 is 23.9 Å². The maximum absolute atomic E-state index is 12.2. The number of unbranched alkanes of at least 4 members (excludes halogenated alkanes) is 2. The van der Waals surface area contributed by atoms with Gasteiger partial charge in [-0.3, -0.25) is 9.59 Å². The average molecular weight is 431 g/mol. The third-order valence-electron chi connectivity index (χ3n) is 5.28. The summed E-state index contributed by atoms with van der Waals surface area (Å²) in [6.07, 6.45) is 10.4. The maximum atomic E-state index is 12.2. The zero-order valence-corrected chi connectivity index (χ0v) is 19.5. The second-order valence-corrected chi connectivity index (χ2v) is 8.00. The van der Waals surface area contributed by atoms with Crippen molar-refractivity contribution in [3.8, 4) is 0 Å². The molecule has 1 rings (SSSR count). The Hall–Kier alpha value is -2.43. The van der Waals surface area contributed by atoms with E-state index in [0.717, 1.165) is 56.1 Å². The van der Waals surface area contributed by atoms with Crippen LogP contribution in [0, 0.1) is 5.92 Å².